The minimum absolute atomic E-state index is 0.291. The molecule has 120 valence electrons. The molecule has 0 aliphatic carbocycles. The van der Waals surface area contributed by atoms with Crippen molar-refractivity contribution in [1.29, 1.82) is 0 Å². The predicted molar refractivity (Wildman–Crippen MR) is 90.0 cm³/mol. The molecule has 0 amide bonds. The molecule has 3 heterocycles. The van der Waals surface area contributed by atoms with E-state index in [2.05, 4.69) is 28.7 Å². The summed E-state index contributed by atoms with van der Waals surface area (Å²) in [6, 6.07) is 4.06. The van der Waals surface area contributed by atoms with Crippen LogP contribution in [-0.2, 0) is 13.0 Å². The second kappa shape index (κ2) is 6.94. The van der Waals surface area contributed by atoms with Crippen LogP contribution in [0.1, 0.15) is 48.0 Å². The number of hydrogen-bond donors (Lipinski definition) is 2. The quantitative estimate of drug-likeness (QED) is 0.889. The summed E-state index contributed by atoms with van der Waals surface area (Å²) in [4.78, 5) is 11.6. The maximum absolute atomic E-state index is 10.5. The highest BCUT2D eigenvalue weighted by atomic mass is 32.1. The van der Waals surface area contributed by atoms with Gasteiger partial charge in [-0.2, -0.15) is 0 Å². The standard InChI is InChI=1S/C17H25N3OS/c1-3-16-18-12(2)14(19-16)11-20-8-6-13(7-9-20)17(21)15-5-4-10-22-15/h4-5,10,13,17,21H,3,6-9,11H2,1-2H3,(H,18,19). The Morgan fingerprint density at radius 3 is 2.82 bits per heavy atom. The summed E-state index contributed by atoms with van der Waals surface area (Å²) in [7, 11) is 0. The number of aryl methyl sites for hydroxylation is 2. The lowest BCUT2D eigenvalue weighted by Gasteiger charge is -2.33. The topological polar surface area (TPSA) is 52.1 Å². The summed E-state index contributed by atoms with van der Waals surface area (Å²) >= 11 is 1.66. The van der Waals surface area contributed by atoms with Gasteiger partial charge in [0.15, 0.2) is 0 Å². The number of H-pyrrole nitrogens is 1. The molecule has 22 heavy (non-hydrogen) atoms. The molecule has 0 saturated carbocycles. The Morgan fingerprint density at radius 2 is 2.23 bits per heavy atom. The summed E-state index contributed by atoms with van der Waals surface area (Å²) in [5.74, 6) is 1.47. The zero-order valence-electron chi connectivity index (χ0n) is 13.4. The molecular formula is C17H25N3OS. The highest BCUT2D eigenvalue weighted by molar-refractivity contribution is 7.10. The van der Waals surface area contributed by atoms with Gasteiger partial charge in [0.2, 0.25) is 0 Å². The van der Waals surface area contributed by atoms with Gasteiger partial charge in [0.1, 0.15) is 5.82 Å². The number of likely N-dealkylation sites (tertiary alicyclic amines) is 1. The van der Waals surface area contributed by atoms with Crippen LogP contribution in [0.4, 0.5) is 0 Å². The number of aromatic amines is 1. The maximum atomic E-state index is 10.5. The van der Waals surface area contributed by atoms with Crippen molar-refractivity contribution in [3.05, 3.63) is 39.6 Å². The van der Waals surface area contributed by atoms with Gasteiger partial charge in [-0.05, 0) is 50.2 Å². The molecule has 1 fully saturated rings. The van der Waals surface area contributed by atoms with Gasteiger partial charge in [0.25, 0.3) is 0 Å². The van der Waals surface area contributed by atoms with Gasteiger partial charge in [0.05, 0.1) is 11.8 Å². The Kier molecular flexibility index (Phi) is 4.96. The number of nitrogens with zero attached hydrogens (tertiary/aromatic N) is 2. The first-order valence-electron chi connectivity index (χ1n) is 8.15. The number of aliphatic hydroxyl groups excluding tert-OH is 1. The summed E-state index contributed by atoms with van der Waals surface area (Å²) in [6.07, 6.45) is 2.78. The molecule has 2 aromatic heterocycles. The molecule has 0 aromatic carbocycles. The fourth-order valence-corrected chi connectivity index (χ4v) is 4.02. The van der Waals surface area contributed by atoms with Crippen molar-refractivity contribution >= 4 is 11.3 Å². The van der Waals surface area contributed by atoms with E-state index >= 15 is 0 Å². The third-order valence-electron chi connectivity index (χ3n) is 4.66. The maximum Gasteiger partial charge on any atom is 0.106 e. The Labute approximate surface area is 136 Å². The molecule has 0 bridgehead atoms. The van der Waals surface area contributed by atoms with Gasteiger partial charge in [0, 0.05) is 23.5 Å². The van der Waals surface area contributed by atoms with Crippen LogP contribution in [-0.4, -0.2) is 33.1 Å². The van der Waals surface area contributed by atoms with E-state index in [1.807, 2.05) is 17.5 Å². The van der Waals surface area contributed by atoms with Crippen LogP contribution in [0, 0.1) is 12.8 Å². The number of imidazole rings is 1. The first-order chi connectivity index (χ1) is 10.7. The monoisotopic (exact) mass is 319 g/mol. The van der Waals surface area contributed by atoms with Crippen LogP contribution in [0.5, 0.6) is 0 Å². The van der Waals surface area contributed by atoms with Gasteiger partial charge >= 0.3 is 0 Å². The van der Waals surface area contributed by atoms with Gasteiger partial charge < -0.3 is 10.1 Å². The summed E-state index contributed by atoms with van der Waals surface area (Å²) in [6.45, 7) is 7.24. The average molecular weight is 319 g/mol. The number of hydrogen-bond acceptors (Lipinski definition) is 4. The molecule has 1 saturated heterocycles. The van der Waals surface area contributed by atoms with E-state index in [1.54, 1.807) is 11.3 Å². The number of rotatable bonds is 5. The fourth-order valence-electron chi connectivity index (χ4n) is 3.22. The minimum atomic E-state index is -0.291. The van der Waals surface area contributed by atoms with Crippen molar-refractivity contribution in [2.24, 2.45) is 5.92 Å². The Morgan fingerprint density at radius 1 is 1.45 bits per heavy atom. The summed E-state index contributed by atoms with van der Waals surface area (Å²) < 4.78 is 0. The van der Waals surface area contributed by atoms with Crippen LogP contribution in [0.15, 0.2) is 17.5 Å². The second-order valence-corrected chi connectivity index (χ2v) is 7.16. The third kappa shape index (κ3) is 3.42. The molecule has 3 rings (SSSR count). The van der Waals surface area contributed by atoms with Crippen molar-refractivity contribution in [2.45, 2.75) is 45.8 Å². The first-order valence-corrected chi connectivity index (χ1v) is 9.03. The average Bonchev–Trinajstić information content (AvgIpc) is 3.18. The SMILES string of the molecule is CCc1nc(CN2CCC(C(O)c3cccs3)CC2)c(C)[nH]1. The van der Waals surface area contributed by atoms with Gasteiger partial charge in [-0.1, -0.05) is 13.0 Å². The summed E-state index contributed by atoms with van der Waals surface area (Å²) in [5, 5.41) is 12.5. The van der Waals surface area contributed by atoms with Crippen LogP contribution in [0.2, 0.25) is 0 Å². The van der Waals surface area contributed by atoms with E-state index in [0.29, 0.717) is 5.92 Å². The third-order valence-corrected chi connectivity index (χ3v) is 5.60. The van der Waals surface area contributed by atoms with Crippen molar-refractivity contribution in [1.82, 2.24) is 14.9 Å². The number of piperidine rings is 1. The number of aromatic nitrogens is 2. The molecular weight excluding hydrogens is 294 g/mol. The van der Waals surface area contributed by atoms with Crippen LogP contribution in [0.3, 0.4) is 0 Å². The Bertz CT molecular complexity index is 585. The number of thiophene rings is 1. The van der Waals surface area contributed by atoms with Crippen molar-refractivity contribution in [3.8, 4) is 0 Å². The van der Waals surface area contributed by atoms with Gasteiger partial charge in [-0.15, -0.1) is 11.3 Å². The van der Waals surface area contributed by atoms with E-state index in [0.717, 1.165) is 49.6 Å². The van der Waals surface area contributed by atoms with Crippen molar-refractivity contribution in [2.75, 3.05) is 13.1 Å². The largest absolute Gasteiger partial charge is 0.387 e. The molecule has 1 atom stereocenters. The molecule has 1 aliphatic rings. The van der Waals surface area contributed by atoms with Crippen molar-refractivity contribution in [3.63, 3.8) is 0 Å². The molecule has 1 unspecified atom stereocenters. The summed E-state index contributed by atoms with van der Waals surface area (Å²) in [5.41, 5.74) is 2.37. The van der Waals surface area contributed by atoms with Crippen molar-refractivity contribution < 1.29 is 5.11 Å². The first kappa shape index (κ1) is 15.7. The van der Waals surface area contributed by atoms with Crippen LogP contribution >= 0.6 is 11.3 Å². The molecule has 4 nitrogen and oxygen atoms in total. The molecule has 5 heteroatoms. The fraction of sp³-hybridized carbons (Fsp3) is 0.588. The van der Waals surface area contributed by atoms with E-state index in [4.69, 9.17) is 0 Å². The van der Waals surface area contributed by atoms with E-state index in [-0.39, 0.29) is 6.10 Å². The zero-order valence-corrected chi connectivity index (χ0v) is 14.2. The normalized spacial score (nSPS) is 18.7. The molecule has 0 spiro atoms. The van der Waals surface area contributed by atoms with Gasteiger partial charge in [-0.3, -0.25) is 4.90 Å². The Hall–Kier alpha value is -1.17. The lowest BCUT2D eigenvalue weighted by Crippen LogP contribution is -2.35. The van der Waals surface area contributed by atoms with E-state index in [9.17, 15) is 5.11 Å². The number of aliphatic hydroxyl groups is 1. The van der Waals surface area contributed by atoms with Gasteiger partial charge in [-0.25, -0.2) is 4.98 Å². The molecule has 2 N–H and O–H groups in total. The van der Waals surface area contributed by atoms with Crippen LogP contribution in [0.25, 0.3) is 0 Å². The second-order valence-electron chi connectivity index (χ2n) is 6.18. The highest BCUT2D eigenvalue weighted by Crippen LogP contribution is 2.33. The number of nitrogens with one attached hydrogen (secondary N) is 1. The van der Waals surface area contributed by atoms with E-state index in [1.165, 1.54) is 11.4 Å². The lowest BCUT2D eigenvalue weighted by molar-refractivity contribution is 0.0587. The molecule has 1 aliphatic heterocycles. The van der Waals surface area contributed by atoms with Crippen LogP contribution < -0.4 is 0 Å². The minimum Gasteiger partial charge on any atom is -0.387 e. The smallest absolute Gasteiger partial charge is 0.106 e. The lowest BCUT2D eigenvalue weighted by atomic mass is 9.90. The molecule has 0 radical (unpaired) electrons. The Balaban J connectivity index is 1.54. The van der Waals surface area contributed by atoms with E-state index < -0.39 is 0 Å². The highest BCUT2D eigenvalue weighted by Gasteiger charge is 2.27. The molecule has 2 aromatic rings. The zero-order chi connectivity index (χ0) is 15.5. The predicted octanol–water partition coefficient (Wildman–Crippen LogP) is 3.29.